The molecule has 6 atom stereocenters. The van der Waals surface area contributed by atoms with Crippen molar-refractivity contribution in [3.8, 4) is 0 Å². The SMILES string of the molecule is CCc1c(C2CO2)c(CC)c(C2CO2)c(CC)c1C1CO1.[N-]=[N+]=NCc1c(C2CO2)c(CN=[N+]=[N-])c(C2CO2)c(CN=[N+]=[N-])c1C1CO1.[N-]=[N+]=[N-].[Na+]. The molecule has 6 unspecified atom stereocenters. The fraction of sp³-hybridized carbons (Fsp3) is 0.636. The predicted octanol–water partition coefficient (Wildman–Crippen LogP) is 5.79. The maximum Gasteiger partial charge on any atom is 1.00 e. The topological polar surface area (TPSA) is 280 Å². The number of ether oxygens (including phenoxy) is 6. The van der Waals surface area contributed by atoms with Gasteiger partial charge in [-0.2, -0.15) is 0 Å². The molecule has 6 saturated heterocycles. The molecule has 0 saturated carbocycles. The van der Waals surface area contributed by atoms with E-state index >= 15 is 0 Å². The monoisotopic (exact) mass is 722 g/mol. The molecule has 0 aliphatic carbocycles. The van der Waals surface area contributed by atoms with E-state index in [1.54, 1.807) is 0 Å². The maximum absolute atomic E-state index is 8.83. The number of hydrogen-bond acceptors (Lipinski definition) is 9. The van der Waals surface area contributed by atoms with Crippen molar-refractivity contribution >= 4 is 0 Å². The summed E-state index contributed by atoms with van der Waals surface area (Å²) in [6.45, 7) is 11.4. The Kier molecular flexibility index (Phi) is 13.7. The zero-order valence-electron chi connectivity index (χ0n) is 29.8. The van der Waals surface area contributed by atoms with Crippen molar-refractivity contribution in [1.29, 1.82) is 0 Å². The number of epoxide rings is 6. The van der Waals surface area contributed by atoms with Gasteiger partial charge in [-0.1, -0.05) is 36.1 Å². The Hall–Kier alpha value is -3.56. The first-order chi connectivity index (χ1) is 25.0. The minimum Gasteiger partial charge on any atom is -0.373 e. The predicted molar refractivity (Wildman–Crippen MR) is 182 cm³/mol. The van der Waals surface area contributed by atoms with Crippen LogP contribution in [0.4, 0.5) is 0 Å². The second kappa shape index (κ2) is 18.0. The van der Waals surface area contributed by atoms with E-state index in [1.807, 2.05) is 0 Å². The van der Waals surface area contributed by atoms with Crippen LogP contribution in [0.1, 0.15) is 124 Å². The second-order valence-corrected chi connectivity index (χ2v) is 12.6. The van der Waals surface area contributed by atoms with Crippen molar-refractivity contribution < 1.29 is 58.0 Å². The molecule has 0 aromatic heterocycles. The van der Waals surface area contributed by atoms with Gasteiger partial charge in [0.05, 0.1) is 59.3 Å². The summed E-state index contributed by atoms with van der Waals surface area (Å²) in [5, 5.41) is 11.2. The first-order valence-corrected chi connectivity index (χ1v) is 17.1. The molecule has 8 rings (SSSR count). The summed E-state index contributed by atoms with van der Waals surface area (Å²) < 4.78 is 33.6. The third-order valence-corrected chi connectivity index (χ3v) is 9.77. The van der Waals surface area contributed by atoms with Gasteiger partial charge in [-0.25, -0.2) is 0 Å². The molecule has 0 bridgehead atoms. The Morgan fingerprint density at radius 3 is 0.731 bits per heavy atom. The van der Waals surface area contributed by atoms with E-state index in [1.165, 1.54) is 38.3 Å². The van der Waals surface area contributed by atoms with Crippen molar-refractivity contribution in [3.63, 3.8) is 0 Å². The minimum atomic E-state index is -0.152. The molecule has 0 spiro atoms. The Morgan fingerprint density at radius 2 is 0.596 bits per heavy atom. The molecule has 6 fully saturated rings. The summed E-state index contributed by atoms with van der Waals surface area (Å²) >= 11 is 0. The Bertz CT molecular complexity index is 1600. The molecular weight excluding hydrogens is 683 g/mol. The average Bonchev–Trinajstić information content (AvgIpc) is 3.94. The maximum atomic E-state index is 8.83. The Balaban J connectivity index is 0.000000188. The summed E-state index contributed by atoms with van der Waals surface area (Å²) in [6, 6.07) is 0. The molecule has 6 aliphatic rings. The zero-order valence-corrected chi connectivity index (χ0v) is 31.8. The van der Waals surface area contributed by atoms with Crippen LogP contribution in [0.5, 0.6) is 0 Å². The van der Waals surface area contributed by atoms with E-state index in [9.17, 15) is 0 Å². The molecule has 6 aliphatic heterocycles. The third-order valence-electron chi connectivity index (χ3n) is 9.77. The van der Waals surface area contributed by atoms with Crippen LogP contribution in [0.15, 0.2) is 15.3 Å². The first kappa shape index (κ1) is 39.6. The number of azide groups is 3. The van der Waals surface area contributed by atoms with Crippen LogP contribution < -0.4 is 29.6 Å². The summed E-state index contributed by atoms with van der Waals surface area (Å²) in [6.07, 6.45) is 3.69. The van der Waals surface area contributed by atoms with Gasteiger partial charge < -0.3 is 39.5 Å². The molecule has 0 amide bonds. The van der Waals surface area contributed by atoms with E-state index in [0.717, 1.165) is 72.5 Å². The van der Waals surface area contributed by atoms with Crippen LogP contribution in [0.3, 0.4) is 0 Å². The molecule has 0 radical (unpaired) electrons. The van der Waals surface area contributed by atoms with E-state index in [4.69, 9.17) is 56.1 Å². The van der Waals surface area contributed by atoms with Crippen LogP contribution in [0.25, 0.3) is 47.3 Å². The van der Waals surface area contributed by atoms with Crippen molar-refractivity contribution in [2.75, 3.05) is 39.6 Å². The molecule has 0 N–H and O–H groups in total. The normalized spacial score (nSPS) is 24.7. The summed E-state index contributed by atoms with van der Waals surface area (Å²) in [5.74, 6) is 0. The molecule has 2 aromatic carbocycles. The first-order valence-electron chi connectivity index (χ1n) is 17.1. The number of benzene rings is 2. The number of nitrogens with zero attached hydrogens (tertiary/aromatic N) is 12. The van der Waals surface area contributed by atoms with Gasteiger partial charge in [0.15, 0.2) is 0 Å². The van der Waals surface area contributed by atoms with Gasteiger partial charge in [-0.05, 0) is 103 Å². The molecule has 268 valence electrons. The van der Waals surface area contributed by atoms with Crippen molar-refractivity contribution in [3.05, 3.63) is 114 Å². The number of hydrogen-bond donors (Lipinski definition) is 0. The van der Waals surface area contributed by atoms with Crippen molar-refractivity contribution in [2.45, 2.75) is 96.3 Å². The van der Waals surface area contributed by atoms with Gasteiger partial charge in [0.1, 0.15) is 36.6 Å². The molecule has 2 aromatic rings. The smallest absolute Gasteiger partial charge is 0.373 e. The summed E-state index contributed by atoms with van der Waals surface area (Å²) in [5.41, 5.74) is 53.9. The molecule has 6 heterocycles. The van der Waals surface area contributed by atoms with E-state index in [0.29, 0.717) is 38.1 Å². The molecule has 18 nitrogen and oxygen atoms in total. The van der Waals surface area contributed by atoms with Crippen LogP contribution in [-0.4, -0.2) is 39.6 Å². The van der Waals surface area contributed by atoms with Crippen LogP contribution in [0.2, 0.25) is 0 Å². The van der Waals surface area contributed by atoms with Crippen molar-refractivity contribution in [1.82, 2.24) is 0 Å². The van der Waals surface area contributed by atoms with Crippen LogP contribution in [-0.2, 0) is 67.3 Å². The van der Waals surface area contributed by atoms with Gasteiger partial charge in [-0.15, -0.1) is 0 Å². The van der Waals surface area contributed by atoms with Gasteiger partial charge in [0.2, 0.25) is 0 Å². The molecular formula is C33H39N12NaO6. The second-order valence-electron chi connectivity index (χ2n) is 12.6. The minimum absolute atomic E-state index is 0. The van der Waals surface area contributed by atoms with Gasteiger partial charge in [-0.3, -0.25) is 4.91 Å². The Morgan fingerprint density at radius 1 is 0.423 bits per heavy atom. The fourth-order valence-corrected chi connectivity index (χ4v) is 7.54. The summed E-state index contributed by atoms with van der Waals surface area (Å²) in [4.78, 5) is 10.1. The molecule has 19 heteroatoms. The number of rotatable bonds is 15. The van der Waals surface area contributed by atoms with E-state index in [2.05, 4.69) is 50.8 Å². The van der Waals surface area contributed by atoms with E-state index < -0.39 is 0 Å². The Labute approximate surface area is 322 Å². The summed E-state index contributed by atoms with van der Waals surface area (Å²) in [7, 11) is 0. The standard InChI is InChI=1S/C18H24O3.C15H15N9O3.N3.Na/c1-4-10-16(13-7-19-13)11(5-2)18(15-9-21-15)12(6-3)17(10)14-8-20-14;16-22-19-1-7-13(10-4-25-10)8(2-20-23-17)15(12-6-27-12)9(3-21-24-18)14(7)11-5-26-11;1-3-2;/h13-15H,4-9H2,1-3H3;10-12H,1-6H2;;/q;;-1;+1. The van der Waals surface area contributed by atoms with Gasteiger partial charge in [0, 0.05) is 14.7 Å². The third kappa shape index (κ3) is 8.79. The van der Waals surface area contributed by atoms with Crippen molar-refractivity contribution in [2.24, 2.45) is 15.3 Å². The van der Waals surface area contributed by atoms with Gasteiger partial charge >= 0.3 is 29.6 Å². The largest absolute Gasteiger partial charge is 1.00 e. The van der Waals surface area contributed by atoms with Crippen LogP contribution in [0, 0.1) is 0 Å². The average molecular weight is 723 g/mol. The zero-order chi connectivity index (χ0) is 36.1. The quantitative estimate of drug-likeness (QED) is 0.0720. The van der Waals surface area contributed by atoms with Crippen LogP contribution >= 0.6 is 0 Å². The van der Waals surface area contributed by atoms with E-state index in [-0.39, 0.29) is 67.5 Å². The van der Waals surface area contributed by atoms with Gasteiger partial charge in [0.25, 0.3) is 0 Å². The fourth-order valence-electron chi connectivity index (χ4n) is 7.54. The molecule has 52 heavy (non-hydrogen) atoms.